The zero-order valence-electron chi connectivity index (χ0n) is 12.4. The predicted molar refractivity (Wildman–Crippen MR) is 86.9 cm³/mol. The van der Waals surface area contributed by atoms with Crippen molar-refractivity contribution in [3.8, 4) is 0 Å². The van der Waals surface area contributed by atoms with Crippen molar-refractivity contribution in [2.75, 3.05) is 26.2 Å². The lowest BCUT2D eigenvalue weighted by Crippen LogP contribution is -2.37. The van der Waals surface area contributed by atoms with Gasteiger partial charge in [-0.25, -0.2) is 0 Å². The highest BCUT2D eigenvalue weighted by molar-refractivity contribution is 9.10. The second kappa shape index (κ2) is 7.92. The Labute approximate surface area is 134 Å². The summed E-state index contributed by atoms with van der Waals surface area (Å²) in [6, 6.07) is 8.02. The number of likely N-dealkylation sites (tertiary alicyclic amines) is 1. The number of hydrogen-bond donors (Lipinski definition) is 2. The fourth-order valence-corrected chi connectivity index (χ4v) is 3.06. The van der Waals surface area contributed by atoms with Crippen molar-refractivity contribution in [2.24, 2.45) is 5.92 Å². The first-order valence-electron chi connectivity index (χ1n) is 7.46. The number of rotatable bonds is 6. The van der Waals surface area contributed by atoms with Crippen molar-refractivity contribution in [3.63, 3.8) is 0 Å². The fourth-order valence-electron chi connectivity index (χ4n) is 2.80. The lowest BCUT2D eigenvalue weighted by atomic mass is 10.1. The molecule has 2 atom stereocenters. The maximum absolute atomic E-state index is 12.1. The Morgan fingerprint density at radius 3 is 2.86 bits per heavy atom. The number of aliphatic hydroxyl groups excluding tert-OH is 1. The van der Waals surface area contributed by atoms with Crippen LogP contribution in [0.5, 0.6) is 0 Å². The highest BCUT2D eigenvalue weighted by atomic mass is 79.9. The Bertz CT molecular complexity index is 464. The summed E-state index contributed by atoms with van der Waals surface area (Å²) < 4.78 is 1.04. The maximum Gasteiger partial charge on any atom is 0.234 e. The number of halogens is 1. The Morgan fingerprint density at radius 1 is 1.48 bits per heavy atom. The second-order valence-corrected chi connectivity index (χ2v) is 6.66. The standard InChI is InChI=1S/C16H23BrN2O2/c1-12(14-2-4-15(17)5-3-14)18-16(21)11-19-8-6-13(10-19)7-9-20/h2-5,12-13,20H,6-11H2,1H3,(H,18,21). The van der Waals surface area contributed by atoms with Crippen molar-refractivity contribution in [3.05, 3.63) is 34.3 Å². The van der Waals surface area contributed by atoms with E-state index < -0.39 is 0 Å². The molecule has 4 nitrogen and oxygen atoms in total. The van der Waals surface area contributed by atoms with Crippen LogP contribution in [-0.2, 0) is 4.79 Å². The molecule has 5 heteroatoms. The third-order valence-corrected chi connectivity index (χ3v) is 4.55. The highest BCUT2D eigenvalue weighted by Gasteiger charge is 2.23. The number of nitrogens with one attached hydrogen (secondary N) is 1. The smallest absolute Gasteiger partial charge is 0.234 e. The van der Waals surface area contributed by atoms with Crippen molar-refractivity contribution in [1.29, 1.82) is 0 Å². The van der Waals surface area contributed by atoms with Crippen LogP contribution in [0.1, 0.15) is 31.4 Å². The van der Waals surface area contributed by atoms with E-state index in [0.29, 0.717) is 12.5 Å². The van der Waals surface area contributed by atoms with Crippen LogP contribution in [0, 0.1) is 5.92 Å². The SMILES string of the molecule is CC(NC(=O)CN1CCC(CCO)C1)c1ccc(Br)cc1. The predicted octanol–water partition coefficient (Wildman–Crippen LogP) is 2.33. The number of hydrogen-bond acceptors (Lipinski definition) is 3. The minimum atomic E-state index is 0.0152. The van der Waals surface area contributed by atoms with Gasteiger partial charge < -0.3 is 10.4 Å². The van der Waals surface area contributed by atoms with E-state index in [-0.39, 0.29) is 18.6 Å². The summed E-state index contributed by atoms with van der Waals surface area (Å²) in [5.74, 6) is 0.599. The molecule has 1 aromatic carbocycles. The van der Waals surface area contributed by atoms with Gasteiger partial charge in [0.2, 0.25) is 5.91 Å². The van der Waals surface area contributed by atoms with Gasteiger partial charge in [0.25, 0.3) is 0 Å². The summed E-state index contributed by atoms with van der Waals surface area (Å²) in [5, 5.41) is 12.0. The molecule has 1 amide bonds. The molecule has 0 bridgehead atoms. The van der Waals surface area contributed by atoms with E-state index >= 15 is 0 Å². The van der Waals surface area contributed by atoms with Gasteiger partial charge in [-0.1, -0.05) is 28.1 Å². The van der Waals surface area contributed by atoms with Crippen LogP contribution in [0.2, 0.25) is 0 Å². The molecule has 1 aliphatic heterocycles. The molecule has 2 unspecified atom stereocenters. The summed E-state index contributed by atoms with van der Waals surface area (Å²) in [5.41, 5.74) is 1.10. The van der Waals surface area contributed by atoms with E-state index in [9.17, 15) is 4.79 Å². The third kappa shape index (κ3) is 5.09. The summed E-state index contributed by atoms with van der Waals surface area (Å²) in [4.78, 5) is 14.3. The van der Waals surface area contributed by atoms with Crippen LogP contribution >= 0.6 is 15.9 Å². The minimum absolute atomic E-state index is 0.0152. The van der Waals surface area contributed by atoms with Crippen molar-refractivity contribution >= 4 is 21.8 Å². The van der Waals surface area contributed by atoms with Crippen molar-refractivity contribution < 1.29 is 9.90 Å². The van der Waals surface area contributed by atoms with Gasteiger partial charge in [-0.15, -0.1) is 0 Å². The summed E-state index contributed by atoms with van der Waals surface area (Å²) >= 11 is 3.41. The Kier molecular flexibility index (Phi) is 6.21. The van der Waals surface area contributed by atoms with Crippen molar-refractivity contribution in [1.82, 2.24) is 10.2 Å². The number of carbonyl (C=O) groups excluding carboxylic acids is 1. The summed E-state index contributed by atoms with van der Waals surface area (Å²) in [7, 11) is 0. The lowest BCUT2D eigenvalue weighted by Gasteiger charge is -2.19. The lowest BCUT2D eigenvalue weighted by molar-refractivity contribution is -0.122. The van der Waals surface area contributed by atoms with Crippen LogP contribution in [0.25, 0.3) is 0 Å². The van der Waals surface area contributed by atoms with Crippen LogP contribution in [-0.4, -0.2) is 42.2 Å². The molecule has 21 heavy (non-hydrogen) atoms. The van der Waals surface area contributed by atoms with E-state index in [1.807, 2.05) is 31.2 Å². The molecule has 2 N–H and O–H groups in total. The molecule has 1 saturated heterocycles. The molecule has 1 heterocycles. The average Bonchev–Trinajstić information content (AvgIpc) is 2.87. The van der Waals surface area contributed by atoms with Gasteiger partial charge in [0.05, 0.1) is 12.6 Å². The largest absolute Gasteiger partial charge is 0.396 e. The van der Waals surface area contributed by atoms with Gasteiger partial charge in [0.15, 0.2) is 0 Å². The fraction of sp³-hybridized carbons (Fsp3) is 0.562. The monoisotopic (exact) mass is 354 g/mol. The molecule has 0 aromatic heterocycles. The van der Waals surface area contributed by atoms with E-state index in [2.05, 4.69) is 26.1 Å². The van der Waals surface area contributed by atoms with E-state index in [1.165, 1.54) is 0 Å². The average molecular weight is 355 g/mol. The number of nitrogens with zero attached hydrogens (tertiary/aromatic N) is 1. The zero-order valence-corrected chi connectivity index (χ0v) is 14.0. The molecule has 0 saturated carbocycles. The zero-order chi connectivity index (χ0) is 15.2. The molecular weight excluding hydrogens is 332 g/mol. The quantitative estimate of drug-likeness (QED) is 0.824. The topological polar surface area (TPSA) is 52.6 Å². The third-order valence-electron chi connectivity index (χ3n) is 4.02. The Hall–Kier alpha value is -0.910. The molecule has 0 aliphatic carbocycles. The molecular formula is C16H23BrN2O2. The second-order valence-electron chi connectivity index (χ2n) is 5.74. The normalized spacial score (nSPS) is 20.4. The maximum atomic E-state index is 12.1. The van der Waals surface area contributed by atoms with E-state index in [0.717, 1.165) is 36.0 Å². The van der Waals surface area contributed by atoms with Crippen LogP contribution < -0.4 is 5.32 Å². The van der Waals surface area contributed by atoms with Crippen LogP contribution in [0.3, 0.4) is 0 Å². The minimum Gasteiger partial charge on any atom is -0.396 e. The van der Waals surface area contributed by atoms with Crippen LogP contribution in [0.15, 0.2) is 28.7 Å². The first kappa shape index (κ1) is 16.5. The van der Waals surface area contributed by atoms with Gasteiger partial charge in [-0.2, -0.15) is 0 Å². The molecule has 1 aliphatic rings. The van der Waals surface area contributed by atoms with Gasteiger partial charge in [-0.05, 0) is 49.9 Å². The molecule has 1 fully saturated rings. The van der Waals surface area contributed by atoms with Gasteiger partial charge >= 0.3 is 0 Å². The first-order valence-corrected chi connectivity index (χ1v) is 8.26. The number of amides is 1. The van der Waals surface area contributed by atoms with E-state index in [4.69, 9.17) is 5.11 Å². The number of benzene rings is 1. The van der Waals surface area contributed by atoms with E-state index in [1.54, 1.807) is 0 Å². The Morgan fingerprint density at radius 2 is 2.19 bits per heavy atom. The van der Waals surface area contributed by atoms with Crippen LogP contribution in [0.4, 0.5) is 0 Å². The van der Waals surface area contributed by atoms with Gasteiger partial charge in [0, 0.05) is 17.6 Å². The highest BCUT2D eigenvalue weighted by Crippen LogP contribution is 2.19. The summed E-state index contributed by atoms with van der Waals surface area (Å²) in [6.45, 7) is 4.55. The molecule has 2 rings (SSSR count). The molecule has 0 spiro atoms. The van der Waals surface area contributed by atoms with Crippen molar-refractivity contribution in [2.45, 2.75) is 25.8 Å². The first-order chi connectivity index (χ1) is 10.1. The number of aliphatic hydroxyl groups is 1. The number of carbonyl (C=O) groups is 1. The molecule has 0 radical (unpaired) electrons. The van der Waals surface area contributed by atoms with Gasteiger partial charge in [0.1, 0.15) is 0 Å². The van der Waals surface area contributed by atoms with Gasteiger partial charge in [-0.3, -0.25) is 9.69 Å². The summed E-state index contributed by atoms with van der Waals surface area (Å²) in [6.07, 6.45) is 1.92. The Balaban J connectivity index is 1.78. The molecule has 116 valence electrons. The molecule has 1 aromatic rings.